The van der Waals surface area contributed by atoms with Gasteiger partial charge in [0.05, 0.1) is 18.1 Å². The van der Waals surface area contributed by atoms with Gasteiger partial charge in [-0.2, -0.15) is 0 Å². The minimum Gasteiger partial charge on any atom is -0.415 e. The molecule has 7 nitrogen and oxygen atoms in total. The van der Waals surface area contributed by atoms with Crippen LogP contribution in [0.15, 0.2) is 65.3 Å². The van der Waals surface area contributed by atoms with Crippen LogP contribution in [0, 0.1) is 5.82 Å². The third kappa shape index (κ3) is 3.86. The maximum atomic E-state index is 13.4. The summed E-state index contributed by atoms with van der Waals surface area (Å²) >= 11 is 0. The van der Waals surface area contributed by atoms with Gasteiger partial charge in [-0.3, -0.25) is 9.78 Å². The molecular weight excluding hydrogens is 373 g/mol. The monoisotopic (exact) mass is 389 g/mol. The molecule has 0 spiro atoms. The Morgan fingerprint density at radius 1 is 0.931 bits per heavy atom. The molecule has 0 saturated carbocycles. The van der Waals surface area contributed by atoms with Crippen LogP contribution in [0.5, 0.6) is 0 Å². The van der Waals surface area contributed by atoms with Gasteiger partial charge in [0.15, 0.2) is 0 Å². The SMILES string of the molecule is CN(C)C(=O)c1ccc(-c2cncc(-c3nnc(-c4cccc(F)c4)o3)n2)cc1. The fourth-order valence-corrected chi connectivity index (χ4v) is 2.71. The molecule has 1 amide bonds. The summed E-state index contributed by atoms with van der Waals surface area (Å²) in [5.41, 5.74) is 2.84. The first-order valence-corrected chi connectivity index (χ1v) is 8.75. The summed E-state index contributed by atoms with van der Waals surface area (Å²) in [5, 5.41) is 7.95. The first-order chi connectivity index (χ1) is 14.0. The summed E-state index contributed by atoms with van der Waals surface area (Å²) in [4.78, 5) is 22.2. The highest BCUT2D eigenvalue weighted by molar-refractivity contribution is 5.94. The second-order valence-electron chi connectivity index (χ2n) is 6.49. The van der Waals surface area contributed by atoms with E-state index < -0.39 is 0 Å². The van der Waals surface area contributed by atoms with Crippen molar-refractivity contribution in [2.75, 3.05) is 14.1 Å². The highest BCUT2D eigenvalue weighted by atomic mass is 19.1. The Bertz CT molecular complexity index is 1170. The normalized spacial score (nSPS) is 10.7. The Morgan fingerprint density at radius 3 is 2.38 bits per heavy atom. The van der Waals surface area contributed by atoms with Crippen molar-refractivity contribution >= 4 is 5.91 Å². The first-order valence-electron chi connectivity index (χ1n) is 8.75. The van der Waals surface area contributed by atoms with E-state index in [-0.39, 0.29) is 23.5 Å². The summed E-state index contributed by atoms with van der Waals surface area (Å²) in [6, 6.07) is 13.0. The van der Waals surface area contributed by atoms with Gasteiger partial charge in [0.1, 0.15) is 11.5 Å². The summed E-state index contributed by atoms with van der Waals surface area (Å²) < 4.78 is 19.0. The molecule has 0 N–H and O–H groups in total. The summed E-state index contributed by atoms with van der Waals surface area (Å²) in [5.74, 6) is -0.0939. The van der Waals surface area contributed by atoms with Gasteiger partial charge in [-0.05, 0) is 30.3 Å². The first kappa shape index (κ1) is 18.4. The number of benzene rings is 2. The van der Waals surface area contributed by atoms with E-state index in [1.54, 1.807) is 56.7 Å². The van der Waals surface area contributed by atoms with Gasteiger partial charge in [-0.1, -0.05) is 18.2 Å². The molecule has 144 valence electrons. The van der Waals surface area contributed by atoms with Crippen LogP contribution in [-0.4, -0.2) is 45.1 Å². The van der Waals surface area contributed by atoms with Gasteiger partial charge in [0.25, 0.3) is 11.8 Å². The number of hydrogen-bond donors (Lipinski definition) is 0. The molecule has 2 aromatic carbocycles. The van der Waals surface area contributed by atoms with Gasteiger partial charge in [-0.25, -0.2) is 9.37 Å². The molecule has 29 heavy (non-hydrogen) atoms. The fraction of sp³-hybridized carbons (Fsp3) is 0.0952. The van der Waals surface area contributed by atoms with Crippen LogP contribution >= 0.6 is 0 Å². The second-order valence-corrected chi connectivity index (χ2v) is 6.49. The van der Waals surface area contributed by atoms with Crippen molar-refractivity contribution in [3.05, 3.63) is 72.3 Å². The number of aromatic nitrogens is 4. The number of rotatable bonds is 4. The number of nitrogens with zero attached hydrogens (tertiary/aromatic N) is 5. The summed E-state index contributed by atoms with van der Waals surface area (Å²) in [6.07, 6.45) is 3.12. The fourth-order valence-electron chi connectivity index (χ4n) is 2.71. The predicted molar refractivity (Wildman–Crippen MR) is 104 cm³/mol. The number of hydrogen-bond acceptors (Lipinski definition) is 6. The van der Waals surface area contributed by atoms with E-state index in [4.69, 9.17) is 4.42 Å². The van der Waals surface area contributed by atoms with Gasteiger partial charge >= 0.3 is 0 Å². The number of halogens is 1. The van der Waals surface area contributed by atoms with Crippen molar-refractivity contribution < 1.29 is 13.6 Å². The lowest BCUT2D eigenvalue weighted by molar-refractivity contribution is 0.0827. The van der Waals surface area contributed by atoms with Crippen LogP contribution in [0.4, 0.5) is 4.39 Å². The molecule has 4 aromatic rings. The third-order valence-corrected chi connectivity index (χ3v) is 4.18. The van der Waals surface area contributed by atoms with Crippen molar-refractivity contribution in [1.82, 2.24) is 25.1 Å². The van der Waals surface area contributed by atoms with E-state index >= 15 is 0 Å². The smallest absolute Gasteiger partial charge is 0.268 e. The molecule has 0 atom stereocenters. The van der Waals surface area contributed by atoms with Gasteiger partial charge < -0.3 is 9.32 Å². The largest absolute Gasteiger partial charge is 0.415 e. The molecule has 0 aliphatic carbocycles. The third-order valence-electron chi connectivity index (χ3n) is 4.18. The van der Waals surface area contributed by atoms with E-state index in [1.165, 1.54) is 23.2 Å². The minimum atomic E-state index is -0.389. The number of amides is 1. The van der Waals surface area contributed by atoms with Crippen LogP contribution in [0.1, 0.15) is 10.4 Å². The molecular formula is C21H16FN5O2. The molecule has 0 bridgehead atoms. The van der Waals surface area contributed by atoms with Gasteiger partial charge in [-0.15, -0.1) is 10.2 Å². The van der Waals surface area contributed by atoms with Crippen LogP contribution < -0.4 is 0 Å². The zero-order valence-electron chi connectivity index (χ0n) is 15.7. The lowest BCUT2D eigenvalue weighted by Crippen LogP contribution is -2.21. The Labute approximate surface area is 165 Å². The van der Waals surface area contributed by atoms with Gasteiger partial charge in [0.2, 0.25) is 5.89 Å². The lowest BCUT2D eigenvalue weighted by Gasteiger charge is -2.10. The van der Waals surface area contributed by atoms with Crippen molar-refractivity contribution in [2.45, 2.75) is 0 Å². The average Bonchev–Trinajstić information content (AvgIpc) is 3.24. The average molecular weight is 389 g/mol. The molecule has 2 heterocycles. The molecule has 0 aliphatic rings. The minimum absolute atomic E-state index is 0.0767. The molecule has 0 saturated heterocycles. The van der Waals surface area contributed by atoms with Crippen LogP contribution in [-0.2, 0) is 0 Å². The maximum absolute atomic E-state index is 13.4. The van der Waals surface area contributed by atoms with E-state index in [0.717, 1.165) is 5.56 Å². The summed E-state index contributed by atoms with van der Waals surface area (Å²) in [6.45, 7) is 0. The van der Waals surface area contributed by atoms with Gasteiger partial charge in [0, 0.05) is 30.8 Å². The zero-order chi connectivity index (χ0) is 20.4. The molecule has 0 aliphatic heterocycles. The lowest BCUT2D eigenvalue weighted by atomic mass is 10.1. The van der Waals surface area contributed by atoms with Crippen molar-refractivity contribution in [3.8, 4) is 34.3 Å². The number of carbonyl (C=O) groups is 1. The quantitative estimate of drug-likeness (QED) is 0.529. The Kier molecular flexibility index (Phi) is 4.82. The van der Waals surface area contributed by atoms with Crippen LogP contribution in [0.3, 0.4) is 0 Å². The molecule has 8 heteroatoms. The zero-order valence-corrected chi connectivity index (χ0v) is 15.7. The van der Waals surface area contributed by atoms with E-state index in [2.05, 4.69) is 20.2 Å². The molecule has 0 radical (unpaired) electrons. The molecule has 2 aromatic heterocycles. The molecule has 0 unspecified atom stereocenters. The Morgan fingerprint density at radius 2 is 1.66 bits per heavy atom. The standard InChI is InChI=1S/C21H16FN5O2/c1-27(2)21(28)14-8-6-13(7-9-14)17-11-23-12-18(24-17)20-26-25-19(29-20)15-4-3-5-16(22)10-15/h3-12H,1-2H3. The molecule has 4 rings (SSSR count). The summed E-state index contributed by atoms with van der Waals surface area (Å²) in [7, 11) is 3.40. The van der Waals surface area contributed by atoms with Crippen LogP contribution in [0.2, 0.25) is 0 Å². The Balaban J connectivity index is 1.62. The van der Waals surface area contributed by atoms with Crippen molar-refractivity contribution in [3.63, 3.8) is 0 Å². The molecule has 0 fully saturated rings. The van der Waals surface area contributed by atoms with E-state index in [9.17, 15) is 9.18 Å². The Hall–Kier alpha value is -3.94. The van der Waals surface area contributed by atoms with Crippen molar-refractivity contribution in [1.29, 1.82) is 0 Å². The van der Waals surface area contributed by atoms with E-state index in [1.807, 2.05) is 0 Å². The van der Waals surface area contributed by atoms with Crippen molar-refractivity contribution in [2.24, 2.45) is 0 Å². The number of carbonyl (C=O) groups excluding carboxylic acids is 1. The van der Waals surface area contributed by atoms with Crippen LogP contribution in [0.25, 0.3) is 34.3 Å². The second kappa shape index (κ2) is 7.59. The highest BCUT2D eigenvalue weighted by Gasteiger charge is 2.14. The topological polar surface area (TPSA) is 85.0 Å². The predicted octanol–water partition coefficient (Wildman–Crippen LogP) is 3.70. The highest BCUT2D eigenvalue weighted by Crippen LogP contribution is 2.25. The van der Waals surface area contributed by atoms with E-state index in [0.29, 0.717) is 22.5 Å². The maximum Gasteiger partial charge on any atom is 0.268 e.